The Balaban J connectivity index is 1.77. The lowest BCUT2D eigenvalue weighted by atomic mass is 9.85. The van der Waals surface area contributed by atoms with E-state index in [9.17, 15) is 44.1 Å². The number of ether oxygens (including phenoxy) is 1. The number of alkyl halides is 6. The van der Waals surface area contributed by atoms with Crippen molar-refractivity contribution in [1.29, 1.82) is 0 Å². The molecule has 43 heavy (non-hydrogen) atoms. The van der Waals surface area contributed by atoms with Crippen LogP contribution in [0.15, 0.2) is 59.5 Å². The molecule has 1 fully saturated rings. The molecule has 0 saturated carbocycles. The molecule has 1 heterocycles. The first-order valence-corrected chi connectivity index (χ1v) is 14.8. The van der Waals surface area contributed by atoms with Crippen LogP contribution in [0.3, 0.4) is 0 Å². The van der Waals surface area contributed by atoms with Crippen LogP contribution in [-0.2, 0) is 39.2 Å². The summed E-state index contributed by atoms with van der Waals surface area (Å²) in [7, 11) is -4.68. The molecule has 0 aliphatic carbocycles. The highest BCUT2D eigenvalue weighted by Crippen LogP contribution is 2.40. The molecule has 3 aromatic carbocycles. The standard InChI is InChI=1S/C27H20Cl3F6NO5S/c28-20-2-4-23(43(39,40)41)15(11-20)5-6-25(17-1-3-21(29)22(30)13-17)14-37(7-8-42-25)24(38)16-9-18(26(31,32)33)12-19(10-16)27(34,35)36/h1-4,9-13H,5-8,14H2,(H,39,40,41)/t25-/m0/s1. The first-order valence-electron chi connectivity index (χ1n) is 12.2. The zero-order chi connectivity index (χ0) is 32.0. The van der Waals surface area contributed by atoms with Crippen LogP contribution in [0.1, 0.15) is 39.0 Å². The average Bonchev–Trinajstić information content (AvgIpc) is 2.91. The minimum absolute atomic E-state index is 0.0755. The monoisotopic (exact) mass is 689 g/mol. The summed E-state index contributed by atoms with van der Waals surface area (Å²) in [6, 6.07) is 8.63. The minimum Gasteiger partial charge on any atom is -0.367 e. The second kappa shape index (κ2) is 12.1. The molecule has 232 valence electrons. The summed E-state index contributed by atoms with van der Waals surface area (Å²) in [5.41, 5.74) is -5.18. The van der Waals surface area contributed by atoms with Gasteiger partial charge in [-0.3, -0.25) is 9.35 Å². The van der Waals surface area contributed by atoms with Crippen molar-refractivity contribution in [2.24, 2.45) is 0 Å². The fourth-order valence-electron chi connectivity index (χ4n) is 4.80. The van der Waals surface area contributed by atoms with Crippen LogP contribution >= 0.6 is 34.8 Å². The van der Waals surface area contributed by atoms with Gasteiger partial charge in [0.1, 0.15) is 5.60 Å². The molecular formula is C27H20Cl3F6NO5S. The van der Waals surface area contributed by atoms with Crippen LogP contribution in [0, 0.1) is 0 Å². The van der Waals surface area contributed by atoms with Gasteiger partial charge in [0.05, 0.1) is 39.2 Å². The average molecular weight is 691 g/mol. The number of amides is 1. The molecule has 0 bridgehead atoms. The highest BCUT2D eigenvalue weighted by molar-refractivity contribution is 7.85. The Labute approximate surface area is 256 Å². The summed E-state index contributed by atoms with van der Waals surface area (Å²) < 4.78 is 120. The van der Waals surface area contributed by atoms with E-state index < -0.39 is 55.6 Å². The number of hydrogen-bond donors (Lipinski definition) is 1. The van der Waals surface area contributed by atoms with E-state index in [-0.39, 0.29) is 59.2 Å². The molecular weight excluding hydrogens is 671 g/mol. The Kier molecular flexibility index (Phi) is 9.38. The molecule has 1 amide bonds. The molecule has 16 heteroatoms. The molecule has 4 rings (SSSR count). The minimum atomic E-state index is -5.16. The van der Waals surface area contributed by atoms with E-state index in [4.69, 9.17) is 39.5 Å². The van der Waals surface area contributed by atoms with Gasteiger partial charge >= 0.3 is 12.4 Å². The van der Waals surface area contributed by atoms with Crippen molar-refractivity contribution in [3.05, 3.63) is 97.5 Å². The number of rotatable bonds is 6. The molecule has 1 saturated heterocycles. The number of halogens is 9. The fraction of sp³-hybridized carbons (Fsp3) is 0.296. The molecule has 6 nitrogen and oxygen atoms in total. The van der Waals surface area contributed by atoms with E-state index >= 15 is 0 Å². The Hall–Kier alpha value is -2.55. The first-order chi connectivity index (χ1) is 19.8. The maximum Gasteiger partial charge on any atom is 0.416 e. The van der Waals surface area contributed by atoms with Crippen molar-refractivity contribution >= 4 is 50.8 Å². The number of aryl methyl sites for hydroxylation is 1. The lowest BCUT2D eigenvalue weighted by Gasteiger charge is -2.43. The highest BCUT2D eigenvalue weighted by Gasteiger charge is 2.42. The maximum absolute atomic E-state index is 13.5. The molecule has 1 aliphatic heterocycles. The van der Waals surface area contributed by atoms with E-state index in [2.05, 4.69) is 0 Å². The lowest BCUT2D eigenvalue weighted by Crippen LogP contribution is -2.52. The van der Waals surface area contributed by atoms with Gasteiger partial charge in [-0.25, -0.2) is 0 Å². The number of carbonyl (C=O) groups is 1. The lowest BCUT2D eigenvalue weighted by molar-refractivity contribution is -0.143. The maximum atomic E-state index is 13.5. The quantitative estimate of drug-likeness (QED) is 0.210. The third-order valence-corrected chi connectivity index (χ3v) is 8.78. The third kappa shape index (κ3) is 7.58. The predicted octanol–water partition coefficient (Wildman–Crippen LogP) is 7.93. The third-order valence-electron chi connectivity index (χ3n) is 6.85. The van der Waals surface area contributed by atoms with Crippen molar-refractivity contribution in [3.63, 3.8) is 0 Å². The van der Waals surface area contributed by atoms with E-state index in [0.29, 0.717) is 17.7 Å². The first kappa shape index (κ1) is 33.3. The topological polar surface area (TPSA) is 83.9 Å². The number of hydrogen-bond acceptors (Lipinski definition) is 4. The fourth-order valence-corrected chi connectivity index (χ4v) is 6.02. The number of carbonyl (C=O) groups excluding carboxylic acids is 1. The molecule has 1 N–H and O–H groups in total. The molecule has 0 aromatic heterocycles. The predicted molar refractivity (Wildman–Crippen MR) is 146 cm³/mol. The van der Waals surface area contributed by atoms with Crippen LogP contribution in [0.5, 0.6) is 0 Å². The van der Waals surface area contributed by atoms with Gasteiger partial charge in [-0.15, -0.1) is 0 Å². The van der Waals surface area contributed by atoms with Gasteiger partial charge in [-0.05, 0) is 72.5 Å². The van der Waals surface area contributed by atoms with Gasteiger partial charge in [-0.1, -0.05) is 40.9 Å². The summed E-state index contributed by atoms with van der Waals surface area (Å²) in [6.45, 7) is -0.756. The number of morpholine rings is 1. The second-order valence-corrected chi connectivity index (χ2v) is 12.4. The van der Waals surface area contributed by atoms with Gasteiger partial charge < -0.3 is 9.64 Å². The summed E-state index contributed by atoms with van der Waals surface area (Å²) >= 11 is 18.3. The van der Waals surface area contributed by atoms with Crippen LogP contribution in [-0.4, -0.2) is 43.5 Å². The largest absolute Gasteiger partial charge is 0.416 e. The smallest absolute Gasteiger partial charge is 0.367 e. The van der Waals surface area contributed by atoms with Crippen molar-refractivity contribution in [2.75, 3.05) is 19.7 Å². The Morgan fingerprint density at radius 2 is 1.53 bits per heavy atom. The van der Waals surface area contributed by atoms with Gasteiger partial charge in [0.15, 0.2) is 0 Å². The highest BCUT2D eigenvalue weighted by atomic mass is 35.5. The number of benzene rings is 3. The van der Waals surface area contributed by atoms with Crippen LogP contribution < -0.4 is 0 Å². The summed E-state index contributed by atoms with van der Waals surface area (Å²) in [5, 5.41) is 0.397. The van der Waals surface area contributed by atoms with Gasteiger partial charge in [-0.2, -0.15) is 34.8 Å². The molecule has 3 aromatic rings. The summed E-state index contributed by atoms with van der Waals surface area (Å²) in [5.74, 6) is -1.12. The molecule has 0 spiro atoms. The summed E-state index contributed by atoms with van der Waals surface area (Å²) in [6.07, 6.45) is -10.5. The molecule has 0 unspecified atom stereocenters. The van der Waals surface area contributed by atoms with Crippen LogP contribution in [0.4, 0.5) is 26.3 Å². The molecule has 1 aliphatic rings. The Morgan fingerprint density at radius 3 is 2.09 bits per heavy atom. The van der Waals surface area contributed by atoms with Gasteiger partial charge in [0.2, 0.25) is 0 Å². The SMILES string of the molecule is O=C(c1cc(C(F)(F)F)cc(C(F)(F)F)c1)N1CCO[C@](CCc2cc(Cl)ccc2S(=O)(=O)O)(c2ccc(Cl)c(Cl)c2)C1. The zero-order valence-corrected chi connectivity index (χ0v) is 24.7. The second-order valence-electron chi connectivity index (χ2n) is 9.72. The van der Waals surface area contributed by atoms with Crippen molar-refractivity contribution in [3.8, 4) is 0 Å². The zero-order valence-electron chi connectivity index (χ0n) is 21.6. The van der Waals surface area contributed by atoms with Crippen molar-refractivity contribution in [2.45, 2.75) is 35.7 Å². The normalized spacial score (nSPS) is 18.1. The Bertz CT molecular complexity index is 1630. The van der Waals surface area contributed by atoms with Crippen molar-refractivity contribution in [1.82, 2.24) is 4.90 Å². The van der Waals surface area contributed by atoms with E-state index in [1.165, 1.54) is 30.3 Å². The molecule has 0 radical (unpaired) electrons. The van der Waals surface area contributed by atoms with Gasteiger partial charge in [0, 0.05) is 17.1 Å². The van der Waals surface area contributed by atoms with Crippen LogP contribution in [0.25, 0.3) is 0 Å². The number of nitrogens with zero attached hydrogens (tertiary/aromatic N) is 1. The van der Waals surface area contributed by atoms with Gasteiger partial charge in [0.25, 0.3) is 16.0 Å². The summed E-state index contributed by atoms with van der Waals surface area (Å²) in [4.78, 5) is 14.1. The van der Waals surface area contributed by atoms with E-state index in [1.807, 2.05) is 0 Å². The van der Waals surface area contributed by atoms with Crippen LogP contribution in [0.2, 0.25) is 15.1 Å². The molecule has 1 atom stereocenters. The van der Waals surface area contributed by atoms with E-state index in [1.54, 1.807) is 0 Å². The Morgan fingerprint density at radius 1 is 0.907 bits per heavy atom. The van der Waals surface area contributed by atoms with E-state index in [0.717, 1.165) is 11.0 Å². The van der Waals surface area contributed by atoms with Crippen molar-refractivity contribution < 1.29 is 48.8 Å².